The second-order valence-electron chi connectivity index (χ2n) is 3.52. The molecule has 0 bridgehead atoms. The van der Waals surface area contributed by atoms with Crippen molar-refractivity contribution in [3.63, 3.8) is 0 Å². The molecular weight excluding hydrogens is 318 g/mol. The summed E-state index contributed by atoms with van der Waals surface area (Å²) in [5, 5.41) is 20.9. The molecular formula is C8H12ClN3O5S2. The van der Waals surface area contributed by atoms with Crippen molar-refractivity contribution in [1.29, 1.82) is 0 Å². The van der Waals surface area contributed by atoms with Gasteiger partial charge in [0.1, 0.15) is 9.79 Å². The number of sulfonamides is 2. The third-order valence-electron chi connectivity index (χ3n) is 2.07. The largest absolute Gasteiger partial charge is 0.395 e. The molecule has 0 saturated heterocycles. The number of hydrogen-bond acceptors (Lipinski definition) is 6. The molecule has 6 N–H and O–H groups in total. The molecule has 0 unspecified atom stereocenters. The Hall–Kier alpha value is -0.910. The first-order valence-electron chi connectivity index (χ1n) is 4.81. The van der Waals surface area contributed by atoms with Gasteiger partial charge in [0.25, 0.3) is 0 Å². The molecule has 1 aromatic rings. The SMILES string of the molecule is NS(=O)(=O)c1cc(S(N)(=O)=O)c(NCCO)cc1Cl. The summed E-state index contributed by atoms with van der Waals surface area (Å²) in [6, 6.07) is 1.84. The van der Waals surface area contributed by atoms with Crippen molar-refractivity contribution >= 4 is 37.3 Å². The van der Waals surface area contributed by atoms with Crippen molar-refractivity contribution in [2.75, 3.05) is 18.5 Å². The molecule has 1 aromatic carbocycles. The lowest BCUT2D eigenvalue weighted by atomic mass is 10.3. The summed E-state index contributed by atoms with van der Waals surface area (Å²) in [4.78, 5) is -1.03. The summed E-state index contributed by atoms with van der Waals surface area (Å²) >= 11 is 5.72. The number of rotatable bonds is 5. The number of primary sulfonamides is 2. The van der Waals surface area contributed by atoms with Crippen LogP contribution in [-0.2, 0) is 20.0 Å². The highest BCUT2D eigenvalue weighted by molar-refractivity contribution is 7.90. The molecule has 0 spiro atoms. The molecule has 0 fully saturated rings. The molecule has 0 aliphatic heterocycles. The second kappa shape index (κ2) is 5.61. The number of halogens is 1. The first-order valence-corrected chi connectivity index (χ1v) is 8.28. The van der Waals surface area contributed by atoms with Gasteiger partial charge in [0, 0.05) is 6.54 Å². The van der Waals surface area contributed by atoms with Gasteiger partial charge in [-0.2, -0.15) is 0 Å². The normalized spacial score (nSPS) is 12.4. The van der Waals surface area contributed by atoms with E-state index in [0.717, 1.165) is 12.1 Å². The Morgan fingerprint density at radius 3 is 2.05 bits per heavy atom. The highest BCUT2D eigenvalue weighted by Gasteiger charge is 2.22. The monoisotopic (exact) mass is 329 g/mol. The van der Waals surface area contributed by atoms with Gasteiger partial charge >= 0.3 is 0 Å². The van der Waals surface area contributed by atoms with Crippen molar-refractivity contribution in [3.05, 3.63) is 17.2 Å². The van der Waals surface area contributed by atoms with Crippen LogP contribution in [0.4, 0.5) is 5.69 Å². The molecule has 0 aliphatic rings. The molecule has 108 valence electrons. The van der Waals surface area contributed by atoms with Crippen LogP contribution < -0.4 is 15.6 Å². The van der Waals surface area contributed by atoms with E-state index >= 15 is 0 Å². The number of anilines is 1. The molecule has 8 nitrogen and oxygen atoms in total. The maximum atomic E-state index is 11.4. The zero-order valence-corrected chi connectivity index (χ0v) is 11.9. The number of aliphatic hydroxyl groups excluding tert-OH is 1. The van der Waals surface area contributed by atoms with Crippen LogP contribution in [-0.4, -0.2) is 35.1 Å². The van der Waals surface area contributed by atoms with Crippen molar-refractivity contribution in [1.82, 2.24) is 0 Å². The van der Waals surface area contributed by atoms with Crippen LogP contribution in [0.5, 0.6) is 0 Å². The topological polar surface area (TPSA) is 153 Å². The number of nitrogens with two attached hydrogens (primary N) is 2. The van der Waals surface area contributed by atoms with E-state index in [4.69, 9.17) is 27.0 Å². The van der Waals surface area contributed by atoms with Crippen molar-refractivity contribution in [3.8, 4) is 0 Å². The van der Waals surface area contributed by atoms with Crippen molar-refractivity contribution in [2.45, 2.75) is 9.79 Å². The quantitative estimate of drug-likeness (QED) is 0.545. The van der Waals surface area contributed by atoms with Crippen LogP contribution in [0.2, 0.25) is 5.02 Å². The summed E-state index contributed by atoms with van der Waals surface area (Å²) < 4.78 is 45.3. The molecule has 0 amide bonds. The summed E-state index contributed by atoms with van der Waals surface area (Å²) in [6.07, 6.45) is 0. The predicted molar refractivity (Wildman–Crippen MR) is 69.8 cm³/mol. The van der Waals surface area contributed by atoms with Crippen molar-refractivity contribution in [2.24, 2.45) is 10.3 Å². The summed E-state index contributed by atoms with van der Waals surface area (Å²) in [7, 11) is -8.37. The maximum absolute atomic E-state index is 11.4. The number of benzene rings is 1. The fourth-order valence-electron chi connectivity index (χ4n) is 1.32. The maximum Gasteiger partial charge on any atom is 0.240 e. The lowest BCUT2D eigenvalue weighted by Crippen LogP contribution is -2.19. The minimum absolute atomic E-state index is 0.0195. The molecule has 0 heterocycles. The molecule has 0 saturated carbocycles. The standard InChI is InChI=1S/C8H12ClN3O5S2/c9-5-3-6(12-1-2-13)8(19(11,16)17)4-7(5)18(10,14)15/h3-4,12-13H,1-2H2,(H2,10,14,15)(H2,11,16,17). The van der Waals surface area contributed by atoms with Crippen LogP contribution >= 0.6 is 11.6 Å². The first-order chi connectivity index (χ1) is 8.57. The van der Waals surface area contributed by atoms with Gasteiger partial charge in [-0.05, 0) is 12.1 Å². The highest BCUT2D eigenvalue weighted by atomic mass is 35.5. The fourth-order valence-corrected chi connectivity index (χ4v) is 3.21. The lowest BCUT2D eigenvalue weighted by Gasteiger charge is -2.12. The number of hydrogen-bond donors (Lipinski definition) is 4. The van der Waals surface area contributed by atoms with E-state index in [0.29, 0.717) is 0 Å². The van der Waals surface area contributed by atoms with Gasteiger partial charge < -0.3 is 10.4 Å². The summed E-state index contributed by atoms with van der Waals surface area (Å²) in [5.74, 6) is 0. The molecule has 0 atom stereocenters. The Balaban J connectivity index is 3.56. The zero-order chi connectivity index (χ0) is 14.8. The van der Waals surface area contributed by atoms with Crippen molar-refractivity contribution < 1.29 is 21.9 Å². The minimum Gasteiger partial charge on any atom is -0.395 e. The van der Waals surface area contributed by atoms with Gasteiger partial charge in [0.15, 0.2) is 0 Å². The van der Waals surface area contributed by atoms with Crippen LogP contribution in [0, 0.1) is 0 Å². The van der Waals surface area contributed by atoms with Crippen LogP contribution in [0.1, 0.15) is 0 Å². The summed E-state index contributed by atoms with van der Waals surface area (Å²) in [5.41, 5.74) is -0.0195. The average molecular weight is 330 g/mol. The third-order valence-corrected chi connectivity index (χ3v) is 4.40. The molecule has 19 heavy (non-hydrogen) atoms. The van der Waals surface area contributed by atoms with E-state index in [1.807, 2.05) is 0 Å². The third kappa shape index (κ3) is 4.03. The minimum atomic E-state index is -4.19. The Morgan fingerprint density at radius 2 is 1.63 bits per heavy atom. The van der Waals surface area contributed by atoms with Crippen LogP contribution in [0.25, 0.3) is 0 Å². The average Bonchev–Trinajstić information content (AvgIpc) is 2.22. The predicted octanol–water partition coefficient (Wildman–Crippen LogP) is -0.961. The van der Waals surface area contributed by atoms with E-state index in [2.05, 4.69) is 5.32 Å². The Labute approximate surface area is 115 Å². The van der Waals surface area contributed by atoms with Crippen LogP contribution in [0.3, 0.4) is 0 Å². The Kier molecular flexibility index (Phi) is 4.76. The van der Waals surface area contributed by atoms with Gasteiger partial charge in [0.05, 0.1) is 17.3 Å². The van der Waals surface area contributed by atoms with Gasteiger partial charge in [-0.25, -0.2) is 27.1 Å². The lowest BCUT2D eigenvalue weighted by molar-refractivity contribution is 0.311. The number of nitrogens with one attached hydrogen (secondary N) is 1. The van der Waals surface area contributed by atoms with E-state index < -0.39 is 29.8 Å². The zero-order valence-electron chi connectivity index (χ0n) is 9.50. The molecule has 1 rings (SSSR count). The molecule has 0 radical (unpaired) electrons. The van der Waals surface area contributed by atoms with Gasteiger partial charge in [0.2, 0.25) is 20.0 Å². The molecule has 0 aromatic heterocycles. The van der Waals surface area contributed by atoms with E-state index in [1.54, 1.807) is 0 Å². The van der Waals surface area contributed by atoms with Gasteiger partial charge in [-0.3, -0.25) is 0 Å². The highest BCUT2D eigenvalue weighted by Crippen LogP contribution is 2.30. The van der Waals surface area contributed by atoms with Crippen LogP contribution in [0.15, 0.2) is 21.9 Å². The second-order valence-corrected chi connectivity index (χ2v) is 6.99. The van der Waals surface area contributed by atoms with Gasteiger partial charge in [-0.1, -0.05) is 11.6 Å². The summed E-state index contributed by atoms with van der Waals surface area (Å²) in [6.45, 7) is -0.230. The van der Waals surface area contributed by atoms with E-state index in [-0.39, 0.29) is 23.9 Å². The molecule has 11 heteroatoms. The van der Waals surface area contributed by atoms with Gasteiger partial charge in [-0.15, -0.1) is 0 Å². The molecule has 0 aliphatic carbocycles. The van der Waals surface area contributed by atoms with E-state index in [1.165, 1.54) is 0 Å². The Morgan fingerprint density at radius 1 is 1.11 bits per heavy atom. The smallest absolute Gasteiger partial charge is 0.240 e. The number of aliphatic hydroxyl groups is 1. The van der Waals surface area contributed by atoms with E-state index in [9.17, 15) is 16.8 Å². The first kappa shape index (κ1) is 16.1. The Bertz CT molecular complexity index is 687. The fraction of sp³-hybridized carbons (Fsp3) is 0.250.